The van der Waals surface area contributed by atoms with Gasteiger partial charge in [0.15, 0.2) is 0 Å². The summed E-state index contributed by atoms with van der Waals surface area (Å²) >= 11 is 0. The molecule has 7 nitrogen and oxygen atoms in total. The largest absolute Gasteiger partial charge is 0.379 e. The Bertz CT molecular complexity index is 377. The summed E-state index contributed by atoms with van der Waals surface area (Å²) in [6.07, 6.45) is 0.00706. The molecule has 1 heterocycles. The first-order valence-electron chi connectivity index (χ1n) is 6.39. The molecule has 1 fully saturated rings. The van der Waals surface area contributed by atoms with Crippen LogP contribution in [0.5, 0.6) is 0 Å². The zero-order valence-electron chi connectivity index (χ0n) is 11.6. The van der Waals surface area contributed by atoms with E-state index < -0.39 is 10.0 Å². The van der Waals surface area contributed by atoms with Gasteiger partial charge in [0.25, 0.3) is 0 Å². The Kier molecular flexibility index (Phi) is 6.70. The van der Waals surface area contributed by atoms with E-state index in [4.69, 9.17) is 4.74 Å². The maximum Gasteiger partial charge on any atom is 0.221 e. The molecule has 1 aliphatic rings. The molecule has 19 heavy (non-hydrogen) atoms. The number of morpholine rings is 1. The molecule has 0 aromatic carbocycles. The average molecular weight is 293 g/mol. The third kappa shape index (κ3) is 6.33. The minimum Gasteiger partial charge on any atom is -0.379 e. The number of sulfonamides is 1. The van der Waals surface area contributed by atoms with Gasteiger partial charge in [-0.25, -0.2) is 8.42 Å². The minimum atomic E-state index is -3.34. The first-order chi connectivity index (χ1) is 8.92. The number of nitrogens with zero attached hydrogens (tertiary/aromatic N) is 2. The lowest BCUT2D eigenvalue weighted by molar-refractivity contribution is -0.120. The van der Waals surface area contributed by atoms with Crippen molar-refractivity contribution in [3.05, 3.63) is 0 Å². The Morgan fingerprint density at radius 2 is 1.95 bits per heavy atom. The van der Waals surface area contributed by atoms with Gasteiger partial charge in [0.2, 0.25) is 15.9 Å². The maximum absolute atomic E-state index is 12.0. The Balaban J connectivity index is 2.28. The molecular weight excluding hydrogens is 270 g/mol. The number of amides is 1. The molecule has 112 valence electrons. The van der Waals surface area contributed by atoms with Gasteiger partial charge in [-0.05, 0) is 14.1 Å². The third-order valence-corrected chi connectivity index (χ3v) is 4.70. The monoisotopic (exact) mass is 293 g/mol. The SMILES string of the molecule is CN(C)CCNC(=O)CCS(=O)(=O)N1CCOCC1. The molecule has 0 bridgehead atoms. The van der Waals surface area contributed by atoms with Gasteiger partial charge in [0.1, 0.15) is 0 Å². The van der Waals surface area contributed by atoms with Crippen LogP contribution in [-0.2, 0) is 19.6 Å². The Morgan fingerprint density at radius 3 is 2.53 bits per heavy atom. The summed E-state index contributed by atoms with van der Waals surface area (Å²) in [7, 11) is 0.486. The number of ether oxygens (including phenoxy) is 1. The fraction of sp³-hybridized carbons (Fsp3) is 0.909. The van der Waals surface area contributed by atoms with Gasteiger partial charge in [0, 0.05) is 32.6 Å². The van der Waals surface area contributed by atoms with Crippen molar-refractivity contribution < 1.29 is 17.9 Å². The van der Waals surface area contributed by atoms with Gasteiger partial charge in [-0.1, -0.05) is 0 Å². The van der Waals surface area contributed by atoms with Crippen LogP contribution in [0.1, 0.15) is 6.42 Å². The molecule has 0 aliphatic carbocycles. The quantitative estimate of drug-likeness (QED) is 0.632. The van der Waals surface area contributed by atoms with E-state index in [-0.39, 0.29) is 18.1 Å². The normalized spacial score (nSPS) is 17.6. The molecule has 1 saturated heterocycles. The van der Waals surface area contributed by atoms with Crippen LogP contribution >= 0.6 is 0 Å². The van der Waals surface area contributed by atoms with Crippen molar-refractivity contribution in [1.82, 2.24) is 14.5 Å². The number of likely N-dealkylation sites (N-methyl/N-ethyl adjacent to an activating group) is 1. The van der Waals surface area contributed by atoms with E-state index in [9.17, 15) is 13.2 Å². The highest BCUT2D eigenvalue weighted by Crippen LogP contribution is 2.06. The van der Waals surface area contributed by atoms with Crippen LogP contribution in [0.25, 0.3) is 0 Å². The van der Waals surface area contributed by atoms with Crippen LogP contribution < -0.4 is 5.32 Å². The second kappa shape index (κ2) is 7.78. The molecule has 1 rings (SSSR count). The van der Waals surface area contributed by atoms with Gasteiger partial charge < -0.3 is 15.0 Å². The van der Waals surface area contributed by atoms with Crippen molar-refractivity contribution in [2.24, 2.45) is 0 Å². The number of hydrogen-bond donors (Lipinski definition) is 1. The Hall–Kier alpha value is -0.700. The number of hydrogen-bond acceptors (Lipinski definition) is 5. The van der Waals surface area contributed by atoms with Crippen molar-refractivity contribution in [2.45, 2.75) is 6.42 Å². The van der Waals surface area contributed by atoms with E-state index in [1.165, 1.54) is 4.31 Å². The van der Waals surface area contributed by atoms with Gasteiger partial charge in [-0.3, -0.25) is 4.79 Å². The summed E-state index contributed by atoms with van der Waals surface area (Å²) in [5, 5.41) is 2.70. The summed E-state index contributed by atoms with van der Waals surface area (Å²) < 4.78 is 30.4. The van der Waals surface area contributed by atoms with Crippen molar-refractivity contribution in [2.75, 3.05) is 59.2 Å². The minimum absolute atomic E-state index is 0.00706. The smallest absolute Gasteiger partial charge is 0.221 e. The number of carbonyl (C=O) groups is 1. The molecule has 0 unspecified atom stereocenters. The van der Waals surface area contributed by atoms with Crippen LogP contribution in [0.2, 0.25) is 0 Å². The summed E-state index contributed by atoms with van der Waals surface area (Å²) in [6, 6.07) is 0. The summed E-state index contributed by atoms with van der Waals surface area (Å²) in [5.74, 6) is -0.362. The number of nitrogens with one attached hydrogen (secondary N) is 1. The highest BCUT2D eigenvalue weighted by Gasteiger charge is 2.24. The summed E-state index contributed by atoms with van der Waals surface area (Å²) in [4.78, 5) is 13.5. The van der Waals surface area contributed by atoms with E-state index in [0.717, 1.165) is 6.54 Å². The predicted molar refractivity (Wildman–Crippen MR) is 72.4 cm³/mol. The first-order valence-corrected chi connectivity index (χ1v) is 8.00. The standard InChI is InChI=1S/C11H23N3O4S/c1-13(2)5-4-12-11(15)3-10-19(16,17)14-6-8-18-9-7-14/h3-10H2,1-2H3,(H,12,15). The molecule has 0 radical (unpaired) electrons. The van der Waals surface area contributed by atoms with Crippen LogP contribution in [0.15, 0.2) is 0 Å². The van der Waals surface area contributed by atoms with Gasteiger partial charge >= 0.3 is 0 Å². The number of rotatable bonds is 7. The maximum atomic E-state index is 12.0. The van der Waals surface area contributed by atoms with E-state index in [0.29, 0.717) is 32.8 Å². The third-order valence-electron chi connectivity index (χ3n) is 2.83. The molecule has 8 heteroatoms. The molecule has 0 aromatic rings. The van der Waals surface area contributed by atoms with Gasteiger partial charge in [0.05, 0.1) is 19.0 Å². The molecule has 1 N–H and O–H groups in total. The second-order valence-corrected chi connectivity index (χ2v) is 6.82. The highest BCUT2D eigenvalue weighted by molar-refractivity contribution is 7.89. The van der Waals surface area contributed by atoms with Crippen LogP contribution in [-0.4, -0.2) is 82.8 Å². The average Bonchev–Trinajstić information content (AvgIpc) is 2.37. The van der Waals surface area contributed by atoms with Gasteiger partial charge in [-0.2, -0.15) is 4.31 Å². The number of carbonyl (C=O) groups excluding carboxylic acids is 1. The Morgan fingerprint density at radius 1 is 1.32 bits per heavy atom. The Labute approximate surface area is 114 Å². The topological polar surface area (TPSA) is 79.0 Å². The molecule has 0 saturated carbocycles. The van der Waals surface area contributed by atoms with Crippen molar-refractivity contribution >= 4 is 15.9 Å². The lowest BCUT2D eigenvalue weighted by atomic mass is 10.4. The lowest BCUT2D eigenvalue weighted by Crippen LogP contribution is -2.42. The molecular formula is C11H23N3O4S. The van der Waals surface area contributed by atoms with E-state index in [1.54, 1.807) is 0 Å². The second-order valence-electron chi connectivity index (χ2n) is 4.73. The zero-order valence-corrected chi connectivity index (χ0v) is 12.4. The van der Waals surface area contributed by atoms with E-state index in [1.807, 2.05) is 19.0 Å². The fourth-order valence-corrected chi connectivity index (χ4v) is 3.09. The molecule has 0 aromatic heterocycles. The summed E-state index contributed by atoms with van der Waals surface area (Å²) in [5.41, 5.74) is 0. The van der Waals surface area contributed by atoms with Crippen molar-refractivity contribution in [1.29, 1.82) is 0 Å². The van der Waals surface area contributed by atoms with Crippen molar-refractivity contribution in [3.8, 4) is 0 Å². The molecule has 0 atom stereocenters. The molecule has 0 spiro atoms. The molecule has 1 aliphatic heterocycles. The lowest BCUT2D eigenvalue weighted by Gasteiger charge is -2.25. The highest BCUT2D eigenvalue weighted by atomic mass is 32.2. The van der Waals surface area contributed by atoms with Crippen LogP contribution in [0.4, 0.5) is 0 Å². The summed E-state index contributed by atoms with van der Waals surface area (Å²) in [6.45, 7) is 2.88. The molecule has 1 amide bonds. The van der Waals surface area contributed by atoms with Crippen LogP contribution in [0, 0.1) is 0 Å². The van der Waals surface area contributed by atoms with E-state index in [2.05, 4.69) is 5.32 Å². The van der Waals surface area contributed by atoms with Crippen molar-refractivity contribution in [3.63, 3.8) is 0 Å². The van der Waals surface area contributed by atoms with Gasteiger partial charge in [-0.15, -0.1) is 0 Å². The predicted octanol–water partition coefficient (Wildman–Crippen LogP) is -1.28. The zero-order chi connectivity index (χ0) is 14.3. The first kappa shape index (κ1) is 16.4. The fourth-order valence-electron chi connectivity index (χ4n) is 1.68. The van der Waals surface area contributed by atoms with E-state index >= 15 is 0 Å². The van der Waals surface area contributed by atoms with Crippen LogP contribution in [0.3, 0.4) is 0 Å².